The fourth-order valence-corrected chi connectivity index (χ4v) is 1.39. The molecule has 1 fully saturated rings. The predicted octanol–water partition coefficient (Wildman–Crippen LogP) is 2.13. The Balaban J connectivity index is 2.43. The van der Waals surface area contributed by atoms with Gasteiger partial charge in [0.15, 0.2) is 0 Å². The summed E-state index contributed by atoms with van der Waals surface area (Å²) in [7, 11) is 0. The first kappa shape index (κ1) is 6.81. The molecule has 0 amide bonds. The SMILES string of the molecule is C=C1CC(C)OC(C)C1. The van der Waals surface area contributed by atoms with Gasteiger partial charge in [-0.25, -0.2) is 0 Å². The molecule has 1 saturated heterocycles. The molecule has 2 atom stereocenters. The molecule has 52 valence electrons. The summed E-state index contributed by atoms with van der Waals surface area (Å²) in [5.74, 6) is 0. The maximum atomic E-state index is 5.50. The summed E-state index contributed by atoms with van der Waals surface area (Å²) >= 11 is 0. The molecule has 0 saturated carbocycles. The second kappa shape index (κ2) is 2.53. The fourth-order valence-electron chi connectivity index (χ4n) is 1.39. The third-order valence-corrected chi connectivity index (χ3v) is 1.62. The van der Waals surface area contributed by atoms with Crippen molar-refractivity contribution >= 4 is 0 Å². The smallest absolute Gasteiger partial charge is 0.0587 e. The van der Waals surface area contributed by atoms with E-state index in [-0.39, 0.29) is 0 Å². The van der Waals surface area contributed by atoms with E-state index in [4.69, 9.17) is 4.74 Å². The quantitative estimate of drug-likeness (QED) is 0.452. The molecule has 0 aromatic heterocycles. The van der Waals surface area contributed by atoms with Crippen molar-refractivity contribution < 1.29 is 4.74 Å². The first-order valence-corrected chi connectivity index (χ1v) is 3.50. The molecule has 1 nitrogen and oxygen atoms in total. The highest BCUT2D eigenvalue weighted by Crippen LogP contribution is 2.21. The molecule has 9 heavy (non-hydrogen) atoms. The summed E-state index contributed by atoms with van der Waals surface area (Å²) in [6.07, 6.45) is 2.87. The van der Waals surface area contributed by atoms with Crippen molar-refractivity contribution in [3.05, 3.63) is 12.2 Å². The molecule has 0 bridgehead atoms. The largest absolute Gasteiger partial charge is 0.375 e. The van der Waals surface area contributed by atoms with Crippen molar-refractivity contribution in [2.45, 2.75) is 38.9 Å². The highest BCUT2D eigenvalue weighted by molar-refractivity contribution is 5.00. The van der Waals surface area contributed by atoms with Crippen LogP contribution in [0, 0.1) is 0 Å². The van der Waals surface area contributed by atoms with E-state index >= 15 is 0 Å². The maximum absolute atomic E-state index is 5.50. The van der Waals surface area contributed by atoms with Crippen molar-refractivity contribution in [3.8, 4) is 0 Å². The van der Waals surface area contributed by atoms with Crippen LogP contribution in [0.3, 0.4) is 0 Å². The Morgan fingerprint density at radius 1 is 1.33 bits per heavy atom. The molecule has 1 heterocycles. The Morgan fingerprint density at radius 2 is 1.78 bits per heavy atom. The van der Waals surface area contributed by atoms with Gasteiger partial charge in [0.2, 0.25) is 0 Å². The van der Waals surface area contributed by atoms with Gasteiger partial charge in [-0.05, 0) is 26.7 Å². The highest BCUT2D eigenvalue weighted by Gasteiger charge is 2.16. The van der Waals surface area contributed by atoms with Crippen LogP contribution in [-0.2, 0) is 4.74 Å². The van der Waals surface area contributed by atoms with E-state index in [1.54, 1.807) is 0 Å². The summed E-state index contributed by atoms with van der Waals surface area (Å²) < 4.78 is 5.50. The Kier molecular flexibility index (Phi) is 1.91. The number of hydrogen-bond acceptors (Lipinski definition) is 1. The van der Waals surface area contributed by atoms with Gasteiger partial charge < -0.3 is 4.74 Å². The first-order valence-electron chi connectivity index (χ1n) is 3.50. The van der Waals surface area contributed by atoms with Gasteiger partial charge >= 0.3 is 0 Å². The zero-order valence-electron chi connectivity index (χ0n) is 6.18. The molecule has 2 unspecified atom stereocenters. The van der Waals surface area contributed by atoms with Gasteiger partial charge in [-0.3, -0.25) is 0 Å². The maximum Gasteiger partial charge on any atom is 0.0587 e. The van der Waals surface area contributed by atoms with Crippen molar-refractivity contribution in [2.75, 3.05) is 0 Å². The second-order valence-electron chi connectivity index (χ2n) is 2.92. The van der Waals surface area contributed by atoms with E-state index in [1.807, 2.05) is 0 Å². The van der Waals surface area contributed by atoms with E-state index in [1.165, 1.54) is 5.57 Å². The molecular weight excluding hydrogens is 112 g/mol. The monoisotopic (exact) mass is 126 g/mol. The normalized spacial score (nSPS) is 36.9. The van der Waals surface area contributed by atoms with Crippen LogP contribution in [-0.4, -0.2) is 12.2 Å². The summed E-state index contributed by atoms with van der Waals surface area (Å²) in [6, 6.07) is 0. The summed E-state index contributed by atoms with van der Waals surface area (Å²) in [5.41, 5.74) is 1.33. The third kappa shape index (κ3) is 1.83. The van der Waals surface area contributed by atoms with Gasteiger partial charge in [0.05, 0.1) is 12.2 Å². The molecule has 1 rings (SSSR count). The van der Waals surface area contributed by atoms with Gasteiger partial charge in [-0.1, -0.05) is 12.2 Å². The van der Waals surface area contributed by atoms with Gasteiger partial charge in [-0.2, -0.15) is 0 Å². The molecule has 1 heteroatoms. The summed E-state index contributed by atoms with van der Waals surface area (Å²) in [4.78, 5) is 0. The van der Waals surface area contributed by atoms with Crippen molar-refractivity contribution in [2.24, 2.45) is 0 Å². The fraction of sp³-hybridized carbons (Fsp3) is 0.750. The van der Waals surface area contributed by atoms with Crippen LogP contribution >= 0.6 is 0 Å². The molecule has 0 spiro atoms. The lowest BCUT2D eigenvalue weighted by Crippen LogP contribution is -2.23. The number of rotatable bonds is 0. The topological polar surface area (TPSA) is 9.23 Å². The standard InChI is InChI=1S/C8H14O/c1-6-4-7(2)9-8(3)5-6/h7-8H,1,4-5H2,2-3H3. The minimum Gasteiger partial charge on any atom is -0.375 e. The zero-order valence-corrected chi connectivity index (χ0v) is 6.18. The van der Waals surface area contributed by atoms with Gasteiger partial charge in [0.1, 0.15) is 0 Å². The lowest BCUT2D eigenvalue weighted by molar-refractivity contribution is -0.0101. The third-order valence-electron chi connectivity index (χ3n) is 1.62. The van der Waals surface area contributed by atoms with Crippen LogP contribution in [0.25, 0.3) is 0 Å². The lowest BCUT2D eigenvalue weighted by Gasteiger charge is -2.26. The van der Waals surface area contributed by atoms with E-state index in [9.17, 15) is 0 Å². The average molecular weight is 126 g/mol. The molecule has 0 radical (unpaired) electrons. The van der Waals surface area contributed by atoms with Gasteiger partial charge in [-0.15, -0.1) is 0 Å². The van der Waals surface area contributed by atoms with Crippen LogP contribution in [0.1, 0.15) is 26.7 Å². The Hall–Kier alpha value is -0.300. The Morgan fingerprint density at radius 3 is 2.11 bits per heavy atom. The minimum atomic E-state index is 0.390. The Labute approximate surface area is 56.7 Å². The lowest BCUT2D eigenvalue weighted by atomic mass is 10.0. The predicted molar refractivity (Wildman–Crippen MR) is 38.4 cm³/mol. The van der Waals surface area contributed by atoms with Crippen LogP contribution < -0.4 is 0 Å². The number of hydrogen-bond donors (Lipinski definition) is 0. The van der Waals surface area contributed by atoms with Crippen molar-refractivity contribution in [3.63, 3.8) is 0 Å². The van der Waals surface area contributed by atoms with E-state index in [0.717, 1.165) is 12.8 Å². The summed E-state index contributed by atoms with van der Waals surface area (Å²) in [6.45, 7) is 8.13. The molecule has 0 N–H and O–H groups in total. The molecule has 1 aliphatic rings. The van der Waals surface area contributed by atoms with E-state index in [2.05, 4.69) is 20.4 Å². The second-order valence-corrected chi connectivity index (χ2v) is 2.92. The van der Waals surface area contributed by atoms with Crippen LogP contribution in [0.15, 0.2) is 12.2 Å². The molecule has 0 aromatic rings. The van der Waals surface area contributed by atoms with Crippen LogP contribution in [0.2, 0.25) is 0 Å². The zero-order chi connectivity index (χ0) is 6.85. The van der Waals surface area contributed by atoms with Crippen molar-refractivity contribution in [1.82, 2.24) is 0 Å². The Bertz CT molecular complexity index is 106. The number of ether oxygens (including phenoxy) is 1. The summed E-state index contributed by atoms with van der Waals surface area (Å²) in [5, 5.41) is 0. The molecule has 0 aromatic carbocycles. The van der Waals surface area contributed by atoms with Crippen LogP contribution in [0.5, 0.6) is 0 Å². The van der Waals surface area contributed by atoms with Crippen molar-refractivity contribution in [1.29, 1.82) is 0 Å². The minimum absolute atomic E-state index is 0.390. The molecule has 0 aliphatic carbocycles. The van der Waals surface area contributed by atoms with Gasteiger partial charge in [0, 0.05) is 0 Å². The average Bonchev–Trinajstić information content (AvgIpc) is 1.59. The van der Waals surface area contributed by atoms with Crippen LogP contribution in [0.4, 0.5) is 0 Å². The van der Waals surface area contributed by atoms with Gasteiger partial charge in [0.25, 0.3) is 0 Å². The van der Waals surface area contributed by atoms with E-state index in [0.29, 0.717) is 12.2 Å². The highest BCUT2D eigenvalue weighted by atomic mass is 16.5. The van der Waals surface area contributed by atoms with E-state index < -0.39 is 0 Å². The molecule has 1 aliphatic heterocycles. The molecular formula is C8H14O. The first-order chi connectivity index (χ1) is 4.18.